The number of fused-ring (bicyclic) bond motifs is 1. The summed E-state index contributed by atoms with van der Waals surface area (Å²) < 4.78 is 1.63. The summed E-state index contributed by atoms with van der Waals surface area (Å²) in [6.45, 7) is 0.789. The number of para-hydroxylation sites is 2. The number of aromatic amines is 1. The molecule has 1 amide bonds. The van der Waals surface area contributed by atoms with Crippen LogP contribution in [-0.2, 0) is 6.54 Å². The van der Waals surface area contributed by atoms with E-state index < -0.39 is 0 Å². The molecule has 0 atom stereocenters. The third kappa shape index (κ3) is 3.53. The fraction of sp³-hybridized carbons (Fsp3) is 0.0909. The van der Waals surface area contributed by atoms with Crippen LogP contribution in [0.2, 0.25) is 0 Å². The van der Waals surface area contributed by atoms with Gasteiger partial charge in [-0.1, -0.05) is 54.6 Å². The fourth-order valence-electron chi connectivity index (χ4n) is 3.16. The summed E-state index contributed by atoms with van der Waals surface area (Å²) in [6, 6.07) is 25.0. The fourth-order valence-corrected chi connectivity index (χ4v) is 3.16. The zero-order valence-corrected chi connectivity index (χ0v) is 14.7. The van der Waals surface area contributed by atoms with Crippen molar-refractivity contribution >= 4 is 16.9 Å². The Morgan fingerprint density at radius 2 is 1.52 bits per heavy atom. The number of H-pyrrole nitrogens is 1. The molecule has 134 valence electrons. The average Bonchev–Trinajstić information content (AvgIpc) is 3.04. The lowest BCUT2D eigenvalue weighted by atomic mass is 10.0. The molecule has 0 saturated carbocycles. The highest BCUT2D eigenvalue weighted by Crippen LogP contribution is 2.19. The van der Waals surface area contributed by atoms with Crippen LogP contribution in [0.1, 0.15) is 10.4 Å². The maximum absolute atomic E-state index is 12.4. The Hall–Kier alpha value is -3.60. The van der Waals surface area contributed by atoms with Gasteiger partial charge in [0.2, 0.25) is 0 Å². The van der Waals surface area contributed by atoms with Gasteiger partial charge in [0, 0.05) is 18.7 Å². The maximum Gasteiger partial charge on any atom is 0.326 e. The zero-order valence-electron chi connectivity index (χ0n) is 14.7. The van der Waals surface area contributed by atoms with Crippen LogP contribution in [-0.4, -0.2) is 22.0 Å². The van der Waals surface area contributed by atoms with Gasteiger partial charge in [-0.3, -0.25) is 9.36 Å². The molecule has 1 aromatic heterocycles. The van der Waals surface area contributed by atoms with Crippen molar-refractivity contribution in [2.45, 2.75) is 6.54 Å². The first-order chi connectivity index (χ1) is 13.2. The smallest absolute Gasteiger partial charge is 0.326 e. The highest BCUT2D eigenvalue weighted by Gasteiger charge is 2.08. The summed E-state index contributed by atoms with van der Waals surface area (Å²) in [6.07, 6.45) is 0. The zero-order chi connectivity index (χ0) is 18.6. The van der Waals surface area contributed by atoms with Crippen LogP contribution in [0.25, 0.3) is 22.2 Å². The van der Waals surface area contributed by atoms with Crippen LogP contribution in [0.4, 0.5) is 0 Å². The van der Waals surface area contributed by atoms with Gasteiger partial charge in [0.1, 0.15) is 0 Å². The van der Waals surface area contributed by atoms with Gasteiger partial charge in [0.25, 0.3) is 5.91 Å². The van der Waals surface area contributed by atoms with E-state index >= 15 is 0 Å². The van der Waals surface area contributed by atoms with E-state index in [1.807, 2.05) is 78.9 Å². The largest absolute Gasteiger partial charge is 0.350 e. The molecule has 2 N–H and O–H groups in total. The molecule has 0 unspecified atom stereocenters. The molecule has 0 aliphatic rings. The quantitative estimate of drug-likeness (QED) is 0.575. The Balaban J connectivity index is 1.41. The van der Waals surface area contributed by atoms with Crippen molar-refractivity contribution in [2.24, 2.45) is 0 Å². The molecule has 0 fully saturated rings. The molecule has 0 aliphatic carbocycles. The highest BCUT2D eigenvalue weighted by atomic mass is 16.2. The Kier molecular flexibility index (Phi) is 4.58. The summed E-state index contributed by atoms with van der Waals surface area (Å²) in [5.74, 6) is -0.150. The van der Waals surface area contributed by atoms with Crippen molar-refractivity contribution in [1.29, 1.82) is 0 Å². The average molecular weight is 357 g/mol. The molecule has 4 aromatic rings. The number of imidazole rings is 1. The summed E-state index contributed by atoms with van der Waals surface area (Å²) in [7, 11) is 0. The molecule has 0 bridgehead atoms. The summed E-state index contributed by atoms with van der Waals surface area (Å²) >= 11 is 0. The molecular weight excluding hydrogens is 338 g/mol. The molecule has 5 heteroatoms. The second-order valence-corrected chi connectivity index (χ2v) is 6.30. The van der Waals surface area contributed by atoms with Crippen molar-refractivity contribution in [3.05, 3.63) is 94.9 Å². The standard InChI is InChI=1S/C22H19N3O2/c26-21(18-12-10-17(11-13-18)16-6-2-1-3-7-16)23-14-15-25-20-9-5-4-8-19(20)24-22(25)27/h1-13H,14-15H2,(H,23,26)(H,24,27). The predicted octanol–water partition coefficient (Wildman–Crippen LogP) is 3.43. The van der Waals surface area contributed by atoms with Crippen molar-refractivity contribution in [3.8, 4) is 11.1 Å². The van der Waals surface area contributed by atoms with E-state index in [9.17, 15) is 9.59 Å². The molecule has 0 saturated heterocycles. The van der Waals surface area contributed by atoms with E-state index in [4.69, 9.17) is 0 Å². The van der Waals surface area contributed by atoms with Crippen LogP contribution < -0.4 is 11.0 Å². The Bertz CT molecular complexity index is 1130. The van der Waals surface area contributed by atoms with Gasteiger partial charge in [-0.25, -0.2) is 4.79 Å². The van der Waals surface area contributed by atoms with Gasteiger partial charge < -0.3 is 10.3 Å². The van der Waals surface area contributed by atoms with Crippen LogP contribution in [0.3, 0.4) is 0 Å². The number of hydrogen-bond acceptors (Lipinski definition) is 2. The van der Waals surface area contributed by atoms with Gasteiger partial charge in [-0.05, 0) is 35.4 Å². The number of nitrogens with zero attached hydrogens (tertiary/aromatic N) is 1. The number of benzene rings is 3. The molecule has 0 radical (unpaired) electrons. The minimum absolute atomic E-state index is 0.150. The number of hydrogen-bond donors (Lipinski definition) is 2. The van der Waals surface area contributed by atoms with E-state index in [1.165, 1.54) is 0 Å². The highest BCUT2D eigenvalue weighted by molar-refractivity contribution is 5.94. The molecular formula is C22H19N3O2. The minimum atomic E-state index is -0.169. The van der Waals surface area contributed by atoms with Crippen molar-refractivity contribution in [2.75, 3.05) is 6.54 Å². The van der Waals surface area contributed by atoms with Crippen molar-refractivity contribution in [3.63, 3.8) is 0 Å². The van der Waals surface area contributed by atoms with E-state index in [1.54, 1.807) is 4.57 Å². The molecule has 27 heavy (non-hydrogen) atoms. The maximum atomic E-state index is 12.4. The molecule has 1 heterocycles. The second-order valence-electron chi connectivity index (χ2n) is 6.30. The number of aromatic nitrogens is 2. The SMILES string of the molecule is O=C(NCCn1c(=O)[nH]c2ccccc21)c1ccc(-c2ccccc2)cc1. The van der Waals surface area contributed by atoms with E-state index in [-0.39, 0.29) is 11.6 Å². The lowest BCUT2D eigenvalue weighted by Crippen LogP contribution is -2.30. The Morgan fingerprint density at radius 1 is 0.852 bits per heavy atom. The molecule has 0 aliphatic heterocycles. The summed E-state index contributed by atoms with van der Waals surface area (Å²) in [5, 5.41) is 2.88. The Morgan fingerprint density at radius 3 is 2.30 bits per heavy atom. The van der Waals surface area contributed by atoms with E-state index in [0.29, 0.717) is 18.7 Å². The van der Waals surface area contributed by atoms with Crippen LogP contribution >= 0.6 is 0 Å². The van der Waals surface area contributed by atoms with Gasteiger partial charge in [-0.15, -0.1) is 0 Å². The minimum Gasteiger partial charge on any atom is -0.350 e. The Labute approximate surface area is 156 Å². The number of carbonyl (C=O) groups is 1. The summed E-state index contributed by atoms with van der Waals surface area (Å²) in [5.41, 5.74) is 4.24. The lowest BCUT2D eigenvalue weighted by Gasteiger charge is -2.07. The molecule has 3 aromatic carbocycles. The van der Waals surface area contributed by atoms with E-state index in [0.717, 1.165) is 22.2 Å². The number of carbonyl (C=O) groups excluding carboxylic acids is 1. The monoisotopic (exact) mass is 357 g/mol. The summed E-state index contributed by atoms with van der Waals surface area (Å²) in [4.78, 5) is 27.2. The van der Waals surface area contributed by atoms with Gasteiger partial charge in [-0.2, -0.15) is 0 Å². The van der Waals surface area contributed by atoms with Crippen LogP contribution in [0.15, 0.2) is 83.7 Å². The first-order valence-corrected chi connectivity index (χ1v) is 8.83. The first-order valence-electron chi connectivity index (χ1n) is 8.83. The molecule has 4 rings (SSSR count). The number of nitrogens with one attached hydrogen (secondary N) is 2. The molecule has 5 nitrogen and oxygen atoms in total. The third-order valence-electron chi connectivity index (χ3n) is 4.56. The van der Waals surface area contributed by atoms with E-state index in [2.05, 4.69) is 10.3 Å². The van der Waals surface area contributed by atoms with Gasteiger partial charge in [0.05, 0.1) is 11.0 Å². The topological polar surface area (TPSA) is 66.9 Å². The third-order valence-corrected chi connectivity index (χ3v) is 4.56. The number of amides is 1. The van der Waals surface area contributed by atoms with Gasteiger partial charge in [0.15, 0.2) is 0 Å². The van der Waals surface area contributed by atoms with Crippen LogP contribution in [0, 0.1) is 0 Å². The lowest BCUT2D eigenvalue weighted by molar-refractivity contribution is 0.0952. The van der Waals surface area contributed by atoms with Crippen LogP contribution in [0.5, 0.6) is 0 Å². The van der Waals surface area contributed by atoms with Crippen molar-refractivity contribution in [1.82, 2.24) is 14.9 Å². The van der Waals surface area contributed by atoms with Crippen molar-refractivity contribution < 1.29 is 4.79 Å². The normalized spacial score (nSPS) is 10.8. The molecule has 0 spiro atoms. The second kappa shape index (κ2) is 7.33. The first kappa shape index (κ1) is 16.8. The van der Waals surface area contributed by atoms with Gasteiger partial charge >= 0.3 is 5.69 Å². The number of rotatable bonds is 5. The predicted molar refractivity (Wildman–Crippen MR) is 107 cm³/mol.